The normalized spacial score (nSPS) is 23.2. The second-order valence-corrected chi connectivity index (χ2v) is 17.7. The number of benzene rings is 3. The number of nitrogens with one attached hydrogen (secondary N) is 1. The van der Waals surface area contributed by atoms with Crippen LogP contribution in [-0.2, 0) is 22.4 Å². The van der Waals surface area contributed by atoms with E-state index < -0.39 is 0 Å². The first-order chi connectivity index (χ1) is 26.6. The van der Waals surface area contributed by atoms with Crippen LogP contribution in [0.25, 0.3) is 33.5 Å². The van der Waals surface area contributed by atoms with Crippen molar-refractivity contribution < 1.29 is 19.1 Å². The lowest BCUT2D eigenvalue weighted by molar-refractivity contribution is -0.161. The fraction of sp³-hybridized carbons (Fsp3) is 0.432. The van der Waals surface area contributed by atoms with Gasteiger partial charge < -0.3 is 19.7 Å². The fourth-order valence-electron chi connectivity index (χ4n) is 10.8. The van der Waals surface area contributed by atoms with E-state index in [9.17, 15) is 9.59 Å². The molecule has 0 bridgehead atoms. The lowest BCUT2D eigenvalue weighted by Crippen LogP contribution is -2.72. The van der Waals surface area contributed by atoms with Crippen LogP contribution in [0.15, 0.2) is 54.6 Å². The number of pyridine rings is 1. The van der Waals surface area contributed by atoms with E-state index in [4.69, 9.17) is 37.7 Å². The highest BCUT2D eigenvalue weighted by Gasteiger charge is 2.55. The minimum absolute atomic E-state index is 0.0678. The molecule has 11 heteroatoms. The zero-order chi connectivity index (χ0) is 37.8. The van der Waals surface area contributed by atoms with E-state index in [1.165, 1.54) is 16.7 Å². The number of ether oxygens (including phenoxy) is 2. The van der Waals surface area contributed by atoms with E-state index in [0.29, 0.717) is 28.4 Å². The summed E-state index contributed by atoms with van der Waals surface area (Å²) in [6, 6.07) is 19.3. The molecule has 2 aliphatic carbocycles. The Kier molecular flexibility index (Phi) is 8.31. The van der Waals surface area contributed by atoms with Crippen molar-refractivity contribution in [2.75, 3.05) is 60.0 Å². The summed E-state index contributed by atoms with van der Waals surface area (Å²) in [4.78, 5) is 35.8. The largest absolute Gasteiger partial charge is 0.496 e. The summed E-state index contributed by atoms with van der Waals surface area (Å²) in [5, 5.41) is 4.25. The van der Waals surface area contributed by atoms with Gasteiger partial charge in [0.25, 0.3) is 0 Å². The standard InChI is InChI=1S/C44H45Cl2N5O4/c1-25(52)49-21-44(22-49)23-51(24-44)34-12-10-26-14-28(16-36(54-2)38(26)34)29-6-4-7-30(40(29)45)31-8-5-9-32(41(31)46)33-15-27-11-13-35(39(27)42(48-33)55-3)50-19-43(20-50)17-37(53)47-18-43/h4-9,14-16,34-35H,10-13,17-24H2,1-3H3,(H,47,53)/t34-,35+/m0/s1. The summed E-state index contributed by atoms with van der Waals surface area (Å²) in [5.41, 5.74) is 10.6. The number of likely N-dealkylation sites (tertiary alicyclic amines) is 3. The molecular formula is C44H45Cl2N5O4. The van der Waals surface area contributed by atoms with E-state index in [2.05, 4.69) is 39.4 Å². The molecule has 2 amide bonds. The van der Waals surface area contributed by atoms with Crippen molar-refractivity contribution in [3.8, 4) is 45.1 Å². The Morgan fingerprint density at radius 2 is 1.38 bits per heavy atom. The maximum absolute atomic E-state index is 11.9. The number of fused-ring (bicyclic) bond motifs is 2. The van der Waals surface area contributed by atoms with E-state index in [0.717, 1.165) is 116 Å². The van der Waals surface area contributed by atoms with Crippen LogP contribution in [0.4, 0.5) is 0 Å². The third-order valence-electron chi connectivity index (χ3n) is 13.4. The molecule has 0 unspecified atom stereocenters. The smallest absolute Gasteiger partial charge is 0.220 e. The third kappa shape index (κ3) is 5.59. The molecule has 284 valence electrons. The van der Waals surface area contributed by atoms with Crippen molar-refractivity contribution in [3.05, 3.63) is 86.9 Å². The first-order valence-electron chi connectivity index (χ1n) is 19.5. The molecule has 10 rings (SSSR count). The summed E-state index contributed by atoms with van der Waals surface area (Å²) in [7, 11) is 3.45. The lowest BCUT2D eigenvalue weighted by Gasteiger charge is -2.61. The third-order valence-corrected chi connectivity index (χ3v) is 14.2. The van der Waals surface area contributed by atoms with Gasteiger partial charge in [0, 0.05) is 115 Å². The zero-order valence-electron chi connectivity index (χ0n) is 31.5. The Labute approximate surface area is 331 Å². The van der Waals surface area contributed by atoms with Gasteiger partial charge in [-0.25, -0.2) is 4.98 Å². The molecule has 0 saturated carbocycles. The Balaban J connectivity index is 0.923. The Hall–Kier alpha value is -4.15. The molecule has 2 atom stereocenters. The van der Waals surface area contributed by atoms with E-state index in [-0.39, 0.29) is 28.7 Å². The van der Waals surface area contributed by atoms with Crippen LogP contribution in [0.3, 0.4) is 0 Å². The van der Waals surface area contributed by atoms with Crippen LogP contribution >= 0.6 is 23.2 Å². The topological polar surface area (TPSA) is 87.2 Å². The molecule has 0 radical (unpaired) electrons. The van der Waals surface area contributed by atoms with Crippen molar-refractivity contribution in [3.63, 3.8) is 0 Å². The summed E-state index contributed by atoms with van der Waals surface area (Å²) >= 11 is 14.6. The number of carbonyl (C=O) groups is 2. The van der Waals surface area contributed by atoms with Crippen LogP contribution in [0, 0.1) is 10.8 Å². The molecule has 1 N–H and O–H groups in total. The van der Waals surface area contributed by atoms with Gasteiger partial charge in [0.15, 0.2) is 0 Å². The molecule has 5 heterocycles. The number of amides is 2. The van der Waals surface area contributed by atoms with Gasteiger partial charge in [0.05, 0.1) is 30.0 Å². The van der Waals surface area contributed by atoms with E-state index in [1.807, 2.05) is 35.2 Å². The van der Waals surface area contributed by atoms with E-state index >= 15 is 0 Å². The average molecular weight is 779 g/mol. The molecular weight excluding hydrogens is 733 g/mol. The molecule has 55 heavy (non-hydrogen) atoms. The van der Waals surface area contributed by atoms with Crippen LogP contribution in [0.1, 0.15) is 60.5 Å². The van der Waals surface area contributed by atoms with Gasteiger partial charge in [-0.05, 0) is 54.5 Å². The zero-order valence-corrected chi connectivity index (χ0v) is 33.0. The fourth-order valence-corrected chi connectivity index (χ4v) is 11.4. The average Bonchev–Trinajstić information content (AvgIpc) is 3.86. The highest BCUT2D eigenvalue weighted by Crippen LogP contribution is 2.52. The number of aryl methyl sites for hydroxylation is 2. The molecule has 9 nitrogen and oxygen atoms in total. The van der Waals surface area contributed by atoms with Gasteiger partial charge in [-0.2, -0.15) is 0 Å². The monoisotopic (exact) mass is 777 g/mol. The number of hydrogen-bond donors (Lipinski definition) is 1. The van der Waals surface area contributed by atoms with Gasteiger partial charge in [0.2, 0.25) is 17.7 Å². The Morgan fingerprint density at radius 3 is 2.00 bits per heavy atom. The number of halogens is 2. The van der Waals surface area contributed by atoms with Gasteiger partial charge in [-0.15, -0.1) is 0 Å². The molecule has 4 aromatic rings. The minimum Gasteiger partial charge on any atom is -0.496 e. The quantitative estimate of drug-likeness (QED) is 0.210. The summed E-state index contributed by atoms with van der Waals surface area (Å²) in [6.07, 6.45) is 4.58. The SMILES string of the molecule is COc1cc(-c2cccc(-c3cccc(-c4cc5c(c(OC)n4)[C@H](N4CC6(CNC(=O)C6)C4)CC5)c3Cl)c2Cl)cc2c1[C@@H](N1CC3(CN(C(C)=O)C3)C1)CC2. The number of nitrogens with zero attached hydrogens (tertiary/aromatic N) is 4. The van der Waals surface area contributed by atoms with Crippen molar-refractivity contribution in [1.29, 1.82) is 0 Å². The molecule has 6 aliphatic rings. The Bertz CT molecular complexity index is 2270. The number of rotatable bonds is 7. The molecule has 1 aromatic heterocycles. The van der Waals surface area contributed by atoms with Crippen LogP contribution in [-0.4, -0.2) is 91.5 Å². The summed E-state index contributed by atoms with van der Waals surface area (Å²) in [6.45, 7) is 8.05. The second-order valence-electron chi connectivity index (χ2n) is 16.9. The predicted molar refractivity (Wildman–Crippen MR) is 214 cm³/mol. The lowest BCUT2D eigenvalue weighted by atomic mass is 9.71. The van der Waals surface area contributed by atoms with Gasteiger partial charge >= 0.3 is 0 Å². The molecule has 4 saturated heterocycles. The second kappa shape index (κ2) is 12.9. The van der Waals surface area contributed by atoms with Gasteiger partial charge in [-0.3, -0.25) is 19.4 Å². The van der Waals surface area contributed by atoms with Gasteiger partial charge in [-0.1, -0.05) is 65.7 Å². The van der Waals surface area contributed by atoms with Crippen molar-refractivity contribution in [2.45, 2.75) is 51.1 Å². The van der Waals surface area contributed by atoms with Crippen LogP contribution in [0.2, 0.25) is 10.0 Å². The maximum atomic E-state index is 11.9. The Morgan fingerprint density at radius 1 is 0.782 bits per heavy atom. The highest BCUT2D eigenvalue weighted by molar-refractivity contribution is 6.39. The minimum atomic E-state index is 0.0678. The highest BCUT2D eigenvalue weighted by atomic mass is 35.5. The number of carbonyl (C=O) groups excluding carboxylic acids is 2. The van der Waals surface area contributed by atoms with Crippen LogP contribution < -0.4 is 14.8 Å². The molecule has 2 spiro atoms. The predicted octanol–water partition coefficient (Wildman–Crippen LogP) is 7.37. The first-order valence-corrected chi connectivity index (χ1v) is 20.2. The number of methoxy groups -OCH3 is 2. The van der Waals surface area contributed by atoms with Crippen molar-refractivity contribution >= 4 is 35.0 Å². The van der Waals surface area contributed by atoms with Crippen molar-refractivity contribution in [1.82, 2.24) is 25.0 Å². The number of aromatic nitrogens is 1. The first kappa shape index (κ1) is 35.3. The molecule has 4 aliphatic heterocycles. The number of hydrogen-bond acceptors (Lipinski definition) is 7. The van der Waals surface area contributed by atoms with E-state index in [1.54, 1.807) is 21.1 Å². The summed E-state index contributed by atoms with van der Waals surface area (Å²) in [5.74, 6) is 1.87. The molecule has 3 aromatic carbocycles. The maximum Gasteiger partial charge on any atom is 0.220 e. The van der Waals surface area contributed by atoms with Crippen molar-refractivity contribution in [2.24, 2.45) is 10.8 Å². The van der Waals surface area contributed by atoms with Crippen LogP contribution in [0.5, 0.6) is 11.6 Å². The molecule has 4 fully saturated rings. The van der Waals surface area contributed by atoms with Gasteiger partial charge in [0.1, 0.15) is 5.75 Å². The summed E-state index contributed by atoms with van der Waals surface area (Å²) < 4.78 is 12.0.